The quantitative estimate of drug-likeness (QED) is 0.129. The Morgan fingerprint density at radius 3 is 1.51 bits per heavy atom. The molecule has 0 spiro atoms. The Labute approximate surface area is 215 Å². The molecule has 1 atom stereocenters. The van der Waals surface area contributed by atoms with Gasteiger partial charge in [-0.3, -0.25) is 9.13 Å². The van der Waals surface area contributed by atoms with Gasteiger partial charge in [-0.25, -0.2) is 0 Å². The van der Waals surface area contributed by atoms with Gasteiger partial charge in [0.15, 0.2) is 4.90 Å². The predicted molar refractivity (Wildman–Crippen MR) is 149 cm³/mol. The van der Waals surface area contributed by atoms with Gasteiger partial charge in [0.1, 0.15) is 0 Å². The normalized spacial score (nSPS) is 15.0. The second kappa shape index (κ2) is 16.9. The van der Waals surface area contributed by atoms with Crippen molar-refractivity contribution in [3.63, 3.8) is 0 Å². The van der Waals surface area contributed by atoms with E-state index in [1.807, 2.05) is 32.9 Å². The maximum atomic E-state index is 14.2. The van der Waals surface area contributed by atoms with Gasteiger partial charge in [0.25, 0.3) is 0 Å². The topological polar surface area (TPSA) is 71.1 Å². The summed E-state index contributed by atoms with van der Waals surface area (Å²) in [5.41, 5.74) is 4.82. The zero-order valence-electron chi connectivity index (χ0n) is 23.8. The van der Waals surface area contributed by atoms with Crippen LogP contribution in [0.5, 0.6) is 0 Å². The standard InChI is InChI=1S/C27H50O6P2/c1-11-32-35(29,33-12-2)27(21-19-24(5)6,34(28,30-9)31-10)22-20-26(8)18-14-17-25(7)16-13-15-23(3)4/h15,17,19-20H,11-14,16,18,21-22H2,1-10H3. The van der Waals surface area contributed by atoms with E-state index >= 15 is 0 Å². The van der Waals surface area contributed by atoms with E-state index in [0.29, 0.717) is 0 Å². The minimum absolute atomic E-state index is 0.154. The summed E-state index contributed by atoms with van der Waals surface area (Å²) in [7, 11) is -5.16. The van der Waals surface area contributed by atoms with Crippen LogP contribution in [-0.4, -0.2) is 32.3 Å². The average molecular weight is 533 g/mol. The Morgan fingerprint density at radius 1 is 0.657 bits per heavy atom. The van der Waals surface area contributed by atoms with Crippen LogP contribution < -0.4 is 0 Å². The molecular formula is C27H50O6P2. The number of hydrogen-bond donors (Lipinski definition) is 0. The Bertz CT molecular complexity index is 830. The van der Waals surface area contributed by atoms with Gasteiger partial charge < -0.3 is 18.1 Å². The van der Waals surface area contributed by atoms with Crippen molar-refractivity contribution in [1.29, 1.82) is 0 Å². The van der Waals surface area contributed by atoms with Crippen LogP contribution in [0, 0.1) is 0 Å². The molecule has 0 aromatic heterocycles. The smallest absolute Gasteiger partial charge is 0.311 e. The summed E-state index contributed by atoms with van der Waals surface area (Å²) in [4.78, 5) is -1.50. The lowest BCUT2D eigenvalue weighted by atomic mass is 10.0. The summed E-state index contributed by atoms with van der Waals surface area (Å²) in [6, 6.07) is 0. The summed E-state index contributed by atoms with van der Waals surface area (Å²) in [6.45, 7) is 16.1. The number of allylic oxidation sites excluding steroid dienone is 8. The van der Waals surface area contributed by atoms with Crippen molar-refractivity contribution in [3.05, 3.63) is 46.6 Å². The van der Waals surface area contributed by atoms with E-state index in [4.69, 9.17) is 18.1 Å². The Balaban J connectivity index is 6.14. The molecular weight excluding hydrogens is 482 g/mol. The van der Waals surface area contributed by atoms with Crippen molar-refractivity contribution in [3.8, 4) is 0 Å². The fourth-order valence-corrected chi connectivity index (χ4v) is 9.12. The van der Waals surface area contributed by atoms with Crippen LogP contribution in [0.15, 0.2) is 46.6 Å². The minimum atomic E-state index is -3.91. The van der Waals surface area contributed by atoms with Gasteiger partial charge in [-0.2, -0.15) is 0 Å². The lowest BCUT2D eigenvalue weighted by Crippen LogP contribution is -2.32. The molecule has 0 fully saturated rings. The molecule has 0 aliphatic heterocycles. The third-order valence-electron chi connectivity index (χ3n) is 5.84. The molecule has 0 heterocycles. The molecule has 0 aromatic rings. The Kier molecular flexibility index (Phi) is 16.5. The van der Waals surface area contributed by atoms with E-state index in [2.05, 4.69) is 32.9 Å². The van der Waals surface area contributed by atoms with Crippen molar-refractivity contribution >= 4 is 15.2 Å². The second-order valence-electron chi connectivity index (χ2n) is 9.33. The minimum Gasteiger partial charge on any atom is -0.311 e. The first kappa shape index (κ1) is 34.3. The molecule has 0 bridgehead atoms. The van der Waals surface area contributed by atoms with E-state index in [1.165, 1.54) is 25.4 Å². The fourth-order valence-electron chi connectivity index (χ4n) is 3.76. The maximum Gasteiger partial charge on any atom is 0.349 e. The summed E-state index contributed by atoms with van der Waals surface area (Å²) in [6.07, 6.45) is 12.6. The van der Waals surface area contributed by atoms with Crippen molar-refractivity contribution in [2.45, 2.75) is 98.8 Å². The van der Waals surface area contributed by atoms with Crippen molar-refractivity contribution in [2.75, 3.05) is 27.4 Å². The molecule has 0 amide bonds. The summed E-state index contributed by atoms with van der Waals surface area (Å²) in [5.74, 6) is 0. The molecule has 35 heavy (non-hydrogen) atoms. The van der Waals surface area contributed by atoms with Crippen molar-refractivity contribution in [1.82, 2.24) is 0 Å². The predicted octanol–water partition coefficient (Wildman–Crippen LogP) is 9.60. The molecule has 0 saturated carbocycles. The molecule has 0 saturated heterocycles. The van der Waals surface area contributed by atoms with Crippen molar-refractivity contribution < 1.29 is 27.2 Å². The van der Waals surface area contributed by atoms with E-state index < -0.39 is 20.1 Å². The van der Waals surface area contributed by atoms with Crippen LogP contribution in [0.3, 0.4) is 0 Å². The van der Waals surface area contributed by atoms with Gasteiger partial charge in [0.2, 0.25) is 0 Å². The number of hydrogen-bond acceptors (Lipinski definition) is 6. The average Bonchev–Trinajstić information content (AvgIpc) is 2.78. The van der Waals surface area contributed by atoms with E-state index in [-0.39, 0.29) is 26.1 Å². The second-order valence-corrected chi connectivity index (χ2v) is 14.6. The lowest BCUT2D eigenvalue weighted by molar-refractivity contribution is 0.192. The highest BCUT2D eigenvalue weighted by molar-refractivity contribution is 7.74. The van der Waals surface area contributed by atoms with Gasteiger partial charge in [-0.1, -0.05) is 46.6 Å². The third-order valence-corrected chi connectivity index (χ3v) is 12.2. The molecule has 8 heteroatoms. The first-order valence-electron chi connectivity index (χ1n) is 12.6. The highest BCUT2D eigenvalue weighted by Crippen LogP contribution is 2.80. The Morgan fingerprint density at radius 2 is 1.09 bits per heavy atom. The number of rotatable bonds is 18. The summed E-state index contributed by atoms with van der Waals surface area (Å²) >= 11 is 0. The monoisotopic (exact) mass is 532 g/mol. The van der Waals surface area contributed by atoms with E-state index in [0.717, 1.165) is 36.8 Å². The van der Waals surface area contributed by atoms with Gasteiger partial charge in [-0.15, -0.1) is 0 Å². The fraction of sp³-hybridized carbons (Fsp3) is 0.704. The van der Waals surface area contributed by atoms with Crippen LogP contribution in [0.25, 0.3) is 0 Å². The first-order chi connectivity index (χ1) is 16.4. The highest BCUT2D eigenvalue weighted by Gasteiger charge is 2.63. The summed E-state index contributed by atoms with van der Waals surface area (Å²) in [5, 5.41) is 0. The van der Waals surface area contributed by atoms with Gasteiger partial charge in [-0.05, 0) is 93.9 Å². The molecule has 0 rings (SSSR count). The molecule has 0 aliphatic rings. The van der Waals surface area contributed by atoms with Gasteiger partial charge in [0.05, 0.1) is 13.2 Å². The Hall–Kier alpha value is -0.740. The van der Waals surface area contributed by atoms with Crippen LogP contribution in [0.4, 0.5) is 0 Å². The molecule has 0 N–H and O–H groups in total. The lowest BCUT2D eigenvalue weighted by Gasteiger charge is -2.40. The third kappa shape index (κ3) is 10.6. The molecule has 0 aromatic carbocycles. The molecule has 204 valence electrons. The van der Waals surface area contributed by atoms with Crippen molar-refractivity contribution in [2.24, 2.45) is 0 Å². The SMILES string of the molecule is CCOP(=O)(OCC)C(CC=C(C)C)(CC=C(C)CCC=C(C)CCC=C(C)C)P(=O)(OC)OC. The van der Waals surface area contributed by atoms with Crippen LogP contribution in [-0.2, 0) is 27.2 Å². The molecule has 0 aliphatic carbocycles. The molecule has 6 nitrogen and oxygen atoms in total. The van der Waals surface area contributed by atoms with Gasteiger partial charge >= 0.3 is 15.2 Å². The van der Waals surface area contributed by atoms with Crippen LogP contribution >= 0.6 is 15.2 Å². The zero-order chi connectivity index (χ0) is 27.1. The highest BCUT2D eigenvalue weighted by atomic mass is 31.2. The zero-order valence-corrected chi connectivity index (χ0v) is 25.6. The van der Waals surface area contributed by atoms with E-state index in [9.17, 15) is 9.13 Å². The first-order valence-corrected chi connectivity index (χ1v) is 15.6. The van der Waals surface area contributed by atoms with Gasteiger partial charge in [0, 0.05) is 14.2 Å². The largest absolute Gasteiger partial charge is 0.349 e. The summed E-state index contributed by atoms with van der Waals surface area (Å²) < 4.78 is 50.6. The van der Waals surface area contributed by atoms with Crippen LogP contribution in [0.1, 0.15) is 93.9 Å². The molecule has 1 unspecified atom stereocenters. The maximum absolute atomic E-state index is 14.2. The molecule has 0 radical (unpaired) electrons. The van der Waals surface area contributed by atoms with Crippen LogP contribution in [0.2, 0.25) is 0 Å². The van der Waals surface area contributed by atoms with E-state index in [1.54, 1.807) is 13.8 Å².